The smallest absolute Gasteiger partial charge is 0.323 e. The molecule has 0 aliphatic rings. The van der Waals surface area contributed by atoms with E-state index in [2.05, 4.69) is 5.16 Å². The normalized spacial score (nSPS) is 11.3. The number of aromatic nitrogens is 1. The highest BCUT2D eigenvalue weighted by Gasteiger charge is 2.31. The van der Waals surface area contributed by atoms with Gasteiger partial charge in [-0.2, -0.15) is 0 Å². The molecular formula is C11H16N2O4. The third-order valence-corrected chi connectivity index (χ3v) is 2.33. The first-order chi connectivity index (χ1) is 7.73. The largest absolute Gasteiger partial charge is 0.480 e. The summed E-state index contributed by atoms with van der Waals surface area (Å²) in [5, 5.41) is 12.3. The highest BCUT2D eigenvalue weighted by molar-refractivity contribution is 5.96. The zero-order chi connectivity index (χ0) is 13.2. The van der Waals surface area contributed by atoms with Crippen molar-refractivity contribution in [3.05, 3.63) is 17.5 Å². The Bertz CT molecular complexity index is 431. The van der Waals surface area contributed by atoms with Gasteiger partial charge < -0.3 is 14.5 Å². The highest BCUT2D eigenvalue weighted by atomic mass is 16.5. The molecule has 0 unspecified atom stereocenters. The molecule has 0 aliphatic heterocycles. The van der Waals surface area contributed by atoms with E-state index in [1.807, 2.05) is 0 Å². The molecular weight excluding hydrogens is 224 g/mol. The molecule has 1 aromatic heterocycles. The number of carbonyl (C=O) groups excluding carboxylic acids is 1. The fraction of sp³-hybridized carbons (Fsp3) is 0.545. The van der Waals surface area contributed by atoms with Gasteiger partial charge in [0.05, 0.1) is 6.20 Å². The molecule has 0 atom stereocenters. The van der Waals surface area contributed by atoms with Crippen molar-refractivity contribution >= 4 is 11.9 Å². The Morgan fingerprint density at radius 1 is 1.47 bits per heavy atom. The monoisotopic (exact) mass is 240 g/mol. The van der Waals surface area contributed by atoms with E-state index in [-0.39, 0.29) is 6.54 Å². The lowest BCUT2D eigenvalue weighted by molar-refractivity contribution is -0.138. The van der Waals surface area contributed by atoms with Crippen LogP contribution in [-0.4, -0.2) is 39.1 Å². The van der Waals surface area contributed by atoms with Crippen molar-refractivity contribution in [2.45, 2.75) is 33.2 Å². The minimum Gasteiger partial charge on any atom is -0.480 e. The summed E-state index contributed by atoms with van der Waals surface area (Å²) in [6.07, 6.45) is 1.30. The lowest BCUT2D eigenvalue weighted by Crippen LogP contribution is -2.48. The number of hydrogen-bond acceptors (Lipinski definition) is 4. The van der Waals surface area contributed by atoms with Crippen LogP contribution < -0.4 is 0 Å². The second-order valence-electron chi connectivity index (χ2n) is 4.75. The minimum atomic E-state index is -1.05. The van der Waals surface area contributed by atoms with Crippen LogP contribution in [0.2, 0.25) is 0 Å². The zero-order valence-corrected chi connectivity index (χ0v) is 10.4. The van der Waals surface area contributed by atoms with Crippen LogP contribution in [0.4, 0.5) is 0 Å². The van der Waals surface area contributed by atoms with Crippen LogP contribution in [0.15, 0.2) is 10.7 Å². The van der Waals surface area contributed by atoms with Gasteiger partial charge in [-0.25, -0.2) is 0 Å². The van der Waals surface area contributed by atoms with E-state index in [4.69, 9.17) is 9.63 Å². The summed E-state index contributed by atoms with van der Waals surface area (Å²) in [6, 6.07) is 0. The summed E-state index contributed by atoms with van der Waals surface area (Å²) < 4.78 is 4.81. The minimum absolute atomic E-state index is 0.293. The number of rotatable bonds is 3. The van der Waals surface area contributed by atoms with Crippen molar-refractivity contribution in [1.29, 1.82) is 0 Å². The van der Waals surface area contributed by atoms with Crippen LogP contribution in [0.25, 0.3) is 0 Å². The topological polar surface area (TPSA) is 83.6 Å². The fourth-order valence-electron chi connectivity index (χ4n) is 1.40. The summed E-state index contributed by atoms with van der Waals surface area (Å²) >= 11 is 0. The third-order valence-electron chi connectivity index (χ3n) is 2.33. The molecule has 6 heteroatoms. The Morgan fingerprint density at radius 2 is 2.06 bits per heavy atom. The quantitative estimate of drug-likeness (QED) is 0.861. The first-order valence-corrected chi connectivity index (χ1v) is 5.18. The number of nitrogens with zero attached hydrogens (tertiary/aromatic N) is 2. The van der Waals surface area contributed by atoms with Crippen LogP contribution in [0.5, 0.6) is 0 Å². The molecule has 1 aromatic rings. The Balaban J connectivity index is 3.04. The summed E-state index contributed by atoms with van der Waals surface area (Å²) in [5.41, 5.74) is -0.291. The number of carboxylic acids is 1. The van der Waals surface area contributed by atoms with E-state index < -0.39 is 17.4 Å². The average Bonchev–Trinajstić information content (AvgIpc) is 2.58. The fourth-order valence-corrected chi connectivity index (χ4v) is 1.40. The van der Waals surface area contributed by atoms with Gasteiger partial charge in [0.15, 0.2) is 0 Å². The lowest BCUT2D eigenvalue weighted by atomic mass is 10.0. The number of aryl methyl sites for hydroxylation is 1. The summed E-state index contributed by atoms with van der Waals surface area (Å²) in [6.45, 7) is 6.58. The summed E-state index contributed by atoms with van der Waals surface area (Å²) in [5.74, 6) is -1.06. The molecule has 1 heterocycles. The van der Waals surface area contributed by atoms with E-state index >= 15 is 0 Å². The third kappa shape index (κ3) is 3.05. The number of carbonyl (C=O) groups is 2. The van der Waals surface area contributed by atoms with E-state index in [9.17, 15) is 9.59 Å². The zero-order valence-electron chi connectivity index (χ0n) is 10.4. The van der Waals surface area contributed by atoms with E-state index in [1.165, 1.54) is 11.1 Å². The van der Waals surface area contributed by atoms with E-state index in [1.54, 1.807) is 27.7 Å². The molecule has 0 bridgehead atoms. The predicted molar refractivity (Wildman–Crippen MR) is 59.7 cm³/mol. The first kappa shape index (κ1) is 13.2. The van der Waals surface area contributed by atoms with Gasteiger partial charge in [0.1, 0.15) is 17.9 Å². The van der Waals surface area contributed by atoms with Gasteiger partial charge in [0.25, 0.3) is 5.91 Å². The second kappa shape index (κ2) is 4.57. The standard InChI is InChI=1S/C11H16N2O4/c1-7-8(5-12-17-7)10(16)13(6-9(14)15)11(2,3)4/h5H,6H2,1-4H3,(H,14,15). The van der Waals surface area contributed by atoms with Gasteiger partial charge in [-0.1, -0.05) is 5.16 Å². The SMILES string of the molecule is Cc1oncc1C(=O)N(CC(=O)O)C(C)(C)C. The molecule has 6 nitrogen and oxygen atoms in total. The number of aliphatic carboxylic acids is 1. The second-order valence-corrected chi connectivity index (χ2v) is 4.75. The molecule has 17 heavy (non-hydrogen) atoms. The summed E-state index contributed by atoms with van der Waals surface area (Å²) in [4.78, 5) is 24.2. The molecule has 0 saturated carbocycles. The predicted octanol–water partition coefficient (Wildman–Crippen LogP) is 1.31. The lowest BCUT2D eigenvalue weighted by Gasteiger charge is -2.34. The van der Waals surface area contributed by atoms with Gasteiger partial charge >= 0.3 is 5.97 Å². The molecule has 0 fully saturated rings. The molecule has 0 aromatic carbocycles. The molecule has 1 amide bonds. The van der Waals surface area contributed by atoms with E-state index in [0.717, 1.165) is 0 Å². The van der Waals surface area contributed by atoms with Gasteiger partial charge in [-0.15, -0.1) is 0 Å². The average molecular weight is 240 g/mol. The van der Waals surface area contributed by atoms with Crippen LogP contribution in [0.1, 0.15) is 36.9 Å². The molecule has 0 saturated heterocycles. The Morgan fingerprint density at radius 3 is 2.41 bits per heavy atom. The molecule has 0 radical (unpaired) electrons. The van der Waals surface area contributed by atoms with Crippen molar-refractivity contribution in [2.75, 3.05) is 6.54 Å². The van der Waals surface area contributed by atoms with Crippen molar-refractivity contribution in [1.82, 2.24) is 10.1 Å². The Labute approximate surface area is 99.2 Å². The molecule has 1 rings (SSSR count). The number of amides is 1. The Hall–Kier alpha value is -1.85. The van der Waals surface area contributed by atoms with Crippen LogP contribution in [-0.2, 0) is 4.79 Å². The first-order valence-electron chi connectivity index (χ1n) is 5.18. The molecule has 0 aliphatic carbocycles. The van der Waals surface area contributed by atoms with Gasteiger partial charge in [0, 0.05) is 5.54 Å². The molecule has 94 valence electrons. The highest BCUT2D eigenvalue weighted by Crippen LogP contribution is 2.18. The Kier molecular flexibility index (Phi) is 3.55. The maximum Gasteiger partial charge on any atom is 0.323 e. The van der Waals surface area contributed by atoms with Crippen LogP contribution in [0, 0.1) is 6.92 Å². The van der Waals surface area contributed by atoms with Gasteiger partial charge in [-0.3, -0.25) is 9.59 Å². The van der Waals surface area contributed by atoms with Crippen LogP contribution in [0.3, 0.4) is 0 Å². The van der Waals surface area contributed by atoms with Gasteiger partial charge in [-0.05, 0) is 27.7 Å². The molecule has 0 spiro atoms. The number of hydrogen-bond donors (Lipinski definition) is 1. The van der Waals surface area contributed by atoms with Crippen molar-refractivity contribution in [2.24, 2.45) is 0 Å². The van der Waals surface area contributed by atoms with E-state index in [0.29, 0.717) is 11.3 Å². The van der Waals surface area contributed by atoms with Crippen molar-refractivity contribution < 1.29 is 19.2 Å². The molecule has 1 N–H and O–H groups in total. The van der Waals surface area contributed by atoms with Gasteiger partial charge in [0.2, 0.25) is 0 Å². The number of carboxylic acid groups (broad SMARTS) is 1. The summed E-state index contributed by atoms with van der Waals surface area (Å²) in [7, 11) is 0. The van der Waals surface area contributed by atoms with Crippen molar-refractivity contribution in [3.63, 3.8) is 0 Å². The maximum absolute atomic E-state index is 12.2. The van der Waals surface area contributed by atoms with Crippen LogP contribution >= 0.6 is 0 Å². The maximum atomic E-state index is 12.2. The van der Waals surface area contributed by atoms with Crippen molar-refractivity contribution in [3.8, 4) is 0 Å².